The fraction of sp³-hybridized carbons (Fsp3) is 0.812. The van der Waals surface area contributed by atoms with Crippen LogP contribution in [0.2, 0.25) is 0 Å². The summed E-state index contributed by atoms with van der Waals surface area (Å²) in [4.78, 5) is 11.4. The van der Waals surface area contributed by atoms with Crippen LogP contribution < -0.4 is 0 Å². The highest BCUT2D eigenvalue weighted by Gasteiger charge is 2.01. The van der Waals surface area contributed by atoms with Crippen LogP contribution in [0.15, 0.2) is 12.2 Å². The third-order valence-corrected chi connectivity index (χ3v) is 3.45. The van der Waals surface area contributed by atoms with Crippen molar-refractivity contribution in [1.29, 1.82) is 0 Å². The SMILES string of the molecule is O=C1CCC/C=C\CCCCCCCCCCO1. The molecule has 0 bridgehead atoms. The lowest BCUT2D eigenvalue weighted by molar-refractivity contribution is -0.143. The Labute approximate surface area is 112 Å². The van der Waals surface area contributed by atoms with E-state index in [-0.39, 0.29) is 5.97 Å². The molecule has 0 aromatic rings. The zero-order chi connectivity index (χ0) is 12.9. The van der Waals surface area contributed by atoms with Gasteiger partial charge in [0.2, 0.25) is 0 Å². The van der Waals surface area contributed by atoms with Crippen molar-refractivity contribution >= 4 is 5.97 Å². The summed E-state index contributed by atoms with van der Waals surface area (Å²) >= 11 is 0. The van der Waals surface area contributed by atoms with Gasteiger partial charge in [-0.25, -0.2) is 0 Å². The van der Waals surface area contributed by atoms with Crippen LogP contribution in [0.25, 0.3) is 0 Å². The molecule has 0 atom stereocenters. The largest absolute Gasteiger partial charge is 0.466 e. The molecule has 1 aliphatic heterocycles. The van der Waals surface area contributed by atoms with Crippen molar-refractivity contribution in [1.82, 2.24) is 0 Å². The van der Waals surface area contributed by atoms with Gasteiger partial charge in [-0.05, 0) is 32.1 Å². The molecule has 18 heavy (non-hydrogen) atoms. The van der Waals surface area contributed by atoms with E-state index in [1.165, 1.54) is 51.4 Å². The first-order chi connectivity index (χ1) is 8.89. The Morgan fingerprint density at radius 3 is 2.00 bits per heavy atom. The summed E-state index contributed by atoms with van der Waals surface area (Å²) in [6, 6.07) is 0. The predicted molar refractivity (Wildman–Crippen MR) is 75.5 cm³/mol. The summed E-state index contributed by atoms with van der Waals surface area (Å²) in [6.45, 7) is 0.620. The second-order valence-electron chi connectivity index (χ2n) is 5.20. The van der Waals surface area contributed by atoms with Gasteiger partial charge in [0, 0.05) is 6.42 Å². The molecule has 0 saturated carbocycles. The summed E-state index contributed by atoms with van der Waals surface area (Å²) in [5.41, 5.74) is 0. The van der Waals surface area contributed by atoms with E-state index in [4.69, 9.17) is 4.74 Å². The van der Waals surface area contributed by atoms with Crippen LogP contribution in [0, 0.1) is 0 Å². The average Bonchev–Trinajstić information content (AvgIpc) is 2.37. The highest BCUT2D eigenvalue weighted by Crippen LogP contribution is 2.11. The number of allylic oxidation sites excluding steroid dienone is 2. The van der Waals surface area contributed by atoms with Gasteiger partial charge in [-0.2, -0.15) is 0 Å². The molecule has 0 unspecified atom stereocenters. The van der Waals surface area contributed by atoms with Crippen molar-refractivity contribution in [3.63, 3.8) is 0 Å². The van der Waals surface area contributed by atoms with Gasteiger partial charge in [0.25, 0.3) is 0 Å². The normalized spacial score (nSPS) is 23.9. The predicted octanol–water partition coefficient (Wildman–Crippen LogP) is 4.78. The number of cyclic esters (lactones) is 1. The molecule has 0 aliphatic carbocycles. The maximum absolute atomic E-state index is 11.4. The number of carbonyl (C=O) groups is 1. The first-order valence-corrected chi connectivity index (χ1v) is 7.70. The lowest BCUT2D eigenvalue weighted by atomic mass is 10.1. The van der Waals surface area contributed by atoms with Crippen molar-refractivity contribution < 1.29 is 9.53 Å². The van der Waals surface area contributed by atoms with Crippen molar-refractivity contribution in [3.05, 3.63) is 12.2 Å². The van der Waals surface area contributed by atoms with Crippen LogP contribution >= 0.6 is 0 Å². The van der Waals surface area contributed by atoms with Gasteiger partial charge < -0.3 is 4.74 Å². The molecule has 1 heterocycles. The van der Waals surface area contributed by atoms with Gasteiger partial charge in [-0.1, -0.05) is 50.7 Å². The molecule has 104 valence electrons. The number of carbonyl (C=O) groups excluding carboxylic acids is 1. The van der Waals surface area contributed by atoms with E-state index in [1.54, 1.807) is 0 Å². The number of hydrogen-bond acceptors (Lipinski definition) is 2. The minimum absolute atomic E-state index is 0.0206. The van der Waals surface area contributed by atoms with Crippen molar-refractivity contribution in [2.24, 2.45) is 0 Å². The van der Waals surface area contributed by atoms with Crippen molar-refractivity contribution in [2.45, 2.75) is 77.0 Å². The highest BCUT2D eigenvalue weighted by atomic mass is 16.5. The zero-order valence-electron chi connectivity index (χ0n) is 11.7. The molecule has 0 aromatic carbocycles. The molecule has 2 heteroatoms. The summed E-state index contributed by atoms with van der Waals surface area (Å²) in [7, 11) is 0. The quantitative estimate of drug-likeness (QED) is 0.458. The Morgan fingerprint density at radius 1 is 0.722 bits per heavy atom. The third kappa shape index (κ3) is 9.26. The fourth-order valence-corrected chi connectivity index (χ4v) is 2.28. The second-order valence-corrected chi connectivity index (χ2v) is 5.20. The van der Waals surface area contributed by atoms with Crippen LogP contribution in [0.4, 0.5) is 0 Å². The molecular formula is C16H28O2. The molecule has 0 fully saturated rings. The average molecular weight is 252 g/mol. The van der Waals surface area contributed by atoms with Crippen LogP contribution in [0.3, 0.4) is 0 Å². The van der Waals surface area contributed by atoms with Gasteiger partial charge in [0.15, 0.2) is 0 Å². The van der Waals surface area contributed by atoms with Gasteiger partial charge in [0.1, 0.15) is 0 Å². The zero-order valence-corrected chi connectivity index (χ0v) is 11.7. The van der Waals surface area contributed by atoms with Gasteiger partial charge >= 0.3 is 5.97 Å². The molecule has 0 radical (unpaired) electrons. The van der Waals surface area contributed by atoms with Crippen LogP contribution in [-0.4, -0.2) is 12.6 Å². The number of ether oxygens (including phenoxy) is 1. The molecule has 1 rings (SSSR count). The minimum atomic E-state index is -0.0206. The summed E-state index contributed by atoms with van der Waals surface area (Å²) in [5, 5.41) is 0. The maximum atomic E-state index is 11.4. The fourth-order valence-electron chi connectivity index (χ4n) is 2.28. The molecular weight excluding hydrogens is 224 g/mol. The maximum Gasteiger partial charge on any atom is 0.305 e. The monoisotopic (exact) mass is 252 g/mol. The Balaban J connectivity index is 2.18. The topological polar surface area (TPSA) is 26.3 Å². The van der Waals surface area contributed by atoms with Crippen LogP contribution in [-0.2, 0) is 9.53 Å². The van der Waals surface area contributed by atoms with E-state index >= 15 is 0 Å². The second kappa shape index (κ2) is 11.3. The Kier molecular flexibility index (Phi) is 9.59. The first-order valence-electron chi connectivity index (χ1n) is 7.70. The summed E-state index contributed by atoms with van der Waals surface area (Å²) in [5.74, 6) is -0.0206. The van der Waals surface area contributed by atoms with E-state index in [1.807, 2.05) is 0 Å². The van der Waals surface area contributed by atoms with E-state index in [2.05, 4.69) is 12.2 Å². The standard InChI is InChI=1S/C16H28O2/c17-16-14-12-10-8-6-4-2-1-3-5-7-9-11-13-15-18-16/h6,8H,1-5,7,9-15H2/b8-6-. The van der Waals surface area contributed by atoms with Gasteiger partial charge in [-0.3, -0.25) is 4.79 Å². The van der Waals surface area contributed by atoms with Crippen molar-refractivity contribution in [3.8, 4) is 0 Å². The van der Waals surface area contributed by atoms with Crippen LogP contribution in [0.5, 0.6) is 0 Å². The molecule has 0 amide bonds. The molecule has 2 nitrogen and oxygen atoms in total. The third-order valence-electron chi connectivity index (χ3n) is 3.45. The molecule has 0 aromatic heterocycles. The number of hydrogen-bond donors (Lipinski definition) is 0. The highest BCUT2D eigenvalue weighted by molar-refractivity contribution is 5.69. The number of rotatable bonds is 0. The molecule has 1 aliphatic rings. The summed E-state index contributed by atoms with van der Waals surface area (Å²) < 4.78 is 5.20. The smallest absolute Gasteiger partial charge is 0.305 e. The van der Waals surface area contributed by atoms with Crippen molar-refractivity contribution in [2.75, 3.05) is 6.61 Å². The van der Waals surface area contributed by atoms with E-state index in [0.717, 1.165) is 19.3 Å². The Bertz CT molecular complexity index is 233. The Hall–Kier alpha value is -0.790. The minimum Gasteiger partial charge on any atom is -0.466 e. The molecule has 0 N–H and O–H groups in total. The summed E-state index contributed by atoms with van der Waals surface area (Å²) in [6.07, 6.45) is 18.5. The molecule has 0 saturated heterocycles. The first kappa shape index (κ1) is 15.3. The van der Waals surface area contributed by atoms with Gasteiger partial charge in [-0.15, -0.1) is 0 Å². The molecule has 0 spiro atoms. The Morgan fingerprint density at radius 2 is 1.28 bits per heavy atom. The van der Waals surface area contributed by atoms with E-state index in [9.17, 15) is 4.79 Å². The van der Waals surface area contributed by atoms with E-state index < -0.39 is 0 Å². The van der Waals surface area contributed by atoms with E-state index in [0.29, 0.717) is 13.0 Å². The lowest BCUT2D eigenvalue weighted by Gasteiger charge is -2.04. The van der Waals surface area contributed by atoms with Gasteiger partial charge in [0.05, 0.1) is 6.61 Å². The van der Waals surface area contributed by atoms with Crippen LogP contribution in [0.1, 0.15) is 77.0 Å². The number of esters is 1. The lowest BCUT2D eigenvalue weighted by Crippen LogP contribution is -2.05.